The van der Waals surface area contributed by atoms with Crippen LogP contribution >= 0.6 is 0 Å². The van der Waals surface area contributed by atoms with Crippen LogP contribution in [-0.4, -0.2) is 76.4 Å². The lowest BCUT2D eigenvalue weighted by atomic mass is 9.91. The Morgan fingerprint density at radius 3 is 2.46 bits per heavy atom. The number of likely N-dealkylation sites (tertiary alicyclic amines) is 1. The first kappa shape index (κ1) is 25.4. The quantitative estimate of drug-likeness (QED) is 0.625. The van der Waals surface area contributed by atoms with Crippen molar-refractivity contribution in [3.63, 3.8) is 0 Å². The first-order valence-electron chi connectivity index (χ1n) is 13.0. The largest absolute Gasteiger partial charge is 0.380 e. The van der Waals surface area contributed by atoms with E-state index in [0.717, 1.165) is 23.1 Å². The first-order chi connectivity index (χ1) is 17.7. The van der Waals surface area contributed by atoms with Gasteiger partial charge in [-0.15, -0.1) is 0 Å². The molecule has 2 fully saturated rings. The predicted octanol–water partition coefficient (Wildman–Crippen LogP) is 2.53. The summed E-state index contributed by atoms with van der Waals surface area (Å²) in [7, 11) is 1.76. The van der Waals surface area contributed by atoms with E-state index >= 15 is 0 Å². The summed E-state index contributed by atoms with van der Waals surface area (Å²) in [5, 5.41) is 10.4. The molecule has 0 aliphatic carbocycles. The molecule has 2 aromatic rings. The van der Waals surface area contributed by atoms with Crippen molar-refractivity contribution in [2.45, 2.75) is 57.5 Å². The zero-order valence-electron chi connectivity index (χ0n) is 21.7. The molecule has 37 heavy (non-hydrogen) atoms. The summed E-state index contributed by atoms with van der Waals surface area (Å²) in [5.74, 6) is -0.460. The number of aliphatic hydroxyl groups is 1. The number of rotatable bonds is 7. The van der Waals surface area contributed by atoms with Gasteiger partial charge in [-0.25, -0.2) is 0 Å². The molecular formula is C29H35N3O5. The number of hydrogen-bond acceptors (Lipinski definition) is 5. The second-order valence-corrected chi connectivity index (χ2v) is 10.9. The van der Waals surface area contributed by atoms with Crippen molar-refractivity contribution in [1.29, 1.82) is 0 Å². The van der Waals surface area contributed by atoms with Crippen LogP contribution in [0.2, 0.25) is 0 Å². The van der Waals surface area contributed by atoms with Gasteiger partial charge in [-0.3, -0.25) is 14.4 Å². The van der Waals surface area contributed by atoms with Crippen LogP contribution in [0.4, 0.5) is 0 Å². The van der Waals surface area contributed by atoms with Crippen LogP contribution in [0.1, 0.15) is 53.7 Å². The van der Waals surface area contributed by atoms with Crippen molar-refractivity contribution in [2.75, 3.05) is 26.8 Å². The molecule has 196 valence electrons. The number of fused-ring (bicyclic) bond motifs is 1. The predicted molar refractivity (Wildman–Crippen MR) is 137 cm³/mol. The fourth-order valence-electron chi connectivity index (χ4n) is 5.73. The van der Waals surface area contributed by atoms with Crippen molar-refractivity contribution < 1.29 is 24.2 Å². The number of ether oxygens (including phenoxy) is 1. The number of carbonyl (C=O) groups excluding carboxylic acids is 3. The maximum Gasteiger partial charge on any atom is 0.255 e. The standard InChI is InChI=1S/C29H35N3O5/c1-19(2)25(32-16-21-7-4-5-8-23(21)26(32)33)28(35)31-14-6-9-24(31)27(34)30(3)15-20-10-12-22(13-11-20)29(36)17-37-18-29/h4-5,7-8,10-13,19,24-25,36H,6,9,14-18H2,1-3H3/t24-,25?/m0/s1. The molecule has 0 spiro atoms. The summed E-state index contributed by atoms with van der Waals surface area (Å²) in [4.78, 5) is 45.5. The Labute approximate surface area is 217 Å². The van der Waals surface area contributed by atoms with E-state index in [0.29, 0.717) is 44.8 Å². The third-order valence-corrected chi connectivity index (χ3v) is 7.86. The van der Waals surface area contributed by atoms with E-state index in [-0.39, 0.29) is 23.6 Å². The Balaban J connectivity index is 1.27. The van der Waals surface area contributed by atoms with E-state index in [4.69, 9.17) is 4.74 Å². The van der Waals surface area contributed by atoms with Crippen LogP contribution in [0.15, 0.2) is 48.5 Å². The van der Waals surface area contributed by atoms with Gasteiger partial charge in [0.1, 0.15) is 17.7 Å². The van der Waals surface area contributed by atoms with Gasteiger partial charge in [-0.2, -0.15) is 0 Å². The molecule has 8 nitrogen and oxygen atoms in total. The van der Waals surface area contributed by atoms with Crippen molar-refractivity contribution >= 4 is 17.7 Å². The van der Waals surface area contributed by atoms with Crippen molar-refractivity contribution in [3.8, 4) is 0 Å². The van der Waals surface area contributed by atoms with Crippen LogP contribution < -0.4 is 0 Å². The summed E-state index contributed by atoms with van der Waals surface area (Å²) in [6, 6.07) is 13.9. The minimum atomic E-state index is -0.921. The zero-order chi connectivity index (χ0) is 26.3. The highest BCUT2D eigenvalue weighted by atomic mass is 16.5. The second kappa shape index (κ2) is 9.91. The van der Waals surface area contributed by atoms with Gasteiger partial charge in [0, 0.05) is 32.2 Å². The highest BCUT2D eigenvalue weighted by Crippen LogP contribution is 2.31. The van der Waals surface area contributed by atoms with Gasteiger partial charge in [-0.05, 0) is 41.5 Å². The van der Waals surface area contributed by atoms with E-state index in [9.17, 15) is 19.5 Å². The SMILES string of the molecule is CC(C)C(C(=O)N1CCC[C@H]1C(=O)N(C)Cc1ccc(C2(O)COC2)cc1)N1Cc2ccccc2C1=O. The molecule has 0 aromatic heterocycles. The van der Waals surface area contributed by atoms with Gasteiger partial charge in [0.15, 0.2) is 0 Å². The topological polar surface area (TPSA) is 90.4 Å². The molecule has 2 saturated heterocycles. The first-order valence-corrected chi connectivity index (χ1v) is 13.0. The summed E-state index contributed by atoms with van der Waals surface area (Å²) in [6.07, 6.45) is 1.37. The minimum Gasteiger partial charge on any atom is -0.380 e. The van der Waals surface area contributed by atoms with E-state index in [1.165, 1.54) is 0 Å². The van der Waals surface area contributed by atoms with Gasteiger partial charge in [0.25, 0.3) is 5.91 Å². The molecule has 3 heterocycles. The number of carbonyl (C=O) groups is 3. The van der Waals surface area contributed by atoms with Crippen LogP contribution in [0.5, 0.6) is 0 Å². The molecule has 0 bridgehead atoms. The fraction of sp³-hybridized carbons (Fsp3) is 0.483. The molecule has 1 N–H and O–H groups in total. The van der Waals surface area contributed by atoms with Gasteiger partial charge in [0.2, 0.25) is 11.8 Å². The Kier molecular flexibility index (Phi) is 6.81. The van der Waals surface area contributed by atoms with Gasteiger partial charge in [-0.1, -0.05) is 56.3 Å². The van der Waals surface area contributed by atoms with Crippen LogP contribution in [0, 0.1) is 5.92 Å². The average Bonchev–Trinajstić information content (AvgIpc) is 3.48. The third-order valence-electron chi connectivity index (χ3n) is 7.86. The highest BCUT2D eigenvalue weighted by molar-refractivity contribution is 6.01. The molecule has 2 aromatic carbocycles. The average molecular weight is 506 g/mol. The normalized spacial score (nSPS) is 21.1. The summed E-state index contributed by atoms with van der Waals surface area (Å²) in [6.45, 7) is 5.82. The number of nitrogens with zero attached hydrogens (tertiary/aromatic N) is 3. The van der Waals surface area contributed by atoms with E-state index < -0.39 is 17.7 Å². The molecule has 1 unspecified atom stereocenters. The summed E-state index contributed by atoms with van der Waals surface area (Å²) in [5.41, 5.74) is 2.42. The van der Waals surface area contributed by atoms with Crippen molar-refractivity contribution in [3.05, 3.63) is 70.8 Å². The number of benzene rings is 2. The maximum atomic E-state index is 13.9. The molecule has 0 radical (unpaired) electrons. The Morgan fingerprint density at radius 1 is 1.14 bits per heavy atom. The molecule has 0 saturated carbocycles. The number of amides is 3. The van der Waals surface area contributed by atoms with Gasteiger partial charge in [0.05, 0.1) is 13.2 Å². The number of likely N-dealkylation sites (N-methyl/N-ethyl adjacent to an activating group) is 1. The molecule has 3 aliphatic rings. The summed E-state index contributed by atoms with van der Waals surface area (Å²) >= 11 is 0. The Bertz CT molecular complexity index is 1190. The molecule has 5 rings (SSSR count). The van der Waals surface area contributed by atoms with E-state index in [2.05, 4.69) is 0 Å². The van der Waals surface area contributed by atoms with Gasteiger partial charge >= 0.3 is 0 Å². The van der Waals surface area contributed by atoms with Crippen LogP contribution in [0.25, 0.3) is 0 Å². The van der Waals surface area contributed by atoms with Crippen LogP contribution in [-0.2, 0) is 33.0 Å². The third kappa shape index (κ3) is 4.64. The molecule has 3 amide bonds. The Morgan fingerprint density at radius 2 is 1.84 bits per heavy atom. The maximum absolute atomic E-state index is 13.9. The van der Waals surface area contributed by atoms with Gasteiger partial charge < -0.3 is 24.5 Å². The highest BCUT2D eigenvalue weighted by Gasteiger charge is 2.44. The Hall–Kier alpha value is -3.23. The fourth-order valence-corrected chi connectivity index (χ4v) is 5.73. The molecule has 3 aliphatic heterocycles. The second-order valence-electron chi connectivity index (χ2n) is 10.9. The minimum absolute atomic E-state index is 0.0887. The lowest BCUT2D eigenvalue weighted by Crippen LogP contribution is -2.55. The van der Waals surface area contributed by atoms with E-state index in [1.807, 2.05) is 62.4 Å². The molecular weight excluding hydrogens is 470 g/mol. The van der Waals surface area contributed by atoms with Crippen LogP contribution in [0.3, 0.4) is 0 Å². The van der Waals surface area contributed by atoms with E-state index in [1.54, 1.807) is 21.7 Å². The zero-order valence-corrected chi connectivity index (χ0v) is 21.7. The monoisotopic (exact) mass is 505 g/mol. The van der Waals surface area contributed by atoms with Crippen molar-refractivity contribution in [1.82, 2.24) is 14.7 Å². The summed E-state index contributed by atoms with van der Waals surface area (Å²) < 4.78 is 5.13. The smallest absolute Gasteiger partial charge is 0.255 e. The molecule has 2 atom stereocenters. The number of hydrogen-bond donors (Lipinski definition) is 1. The lowest BCUT2D eigenvalue weighted by Gasteiger charge is -2.37. The van der Waals surface area contributed by atoms with Crippen molar-refractivity contribution in [2.24, 2.45) is 5.92 Å². The lowest BCUT2D eigenvalue weighted by molar-refractivity contribution is -0.184. The molecule has 8 heteroatoms.